The number of hydrogen-bond acceptors (Lipinski definition) is 4. The van der Waals surface area contributed by atoms with Crippen LogP contribution in [-0.2, 0) is 10.2 Å². The van der Waals surface area contributed by atoms with Crippen molar-refractivity contribution in [3.63, 3.8) is 0 Å². The highest BCUT2D eigenvalue weighted by atomic mass is 32.2. The van der Waals surface area contributed by atoms with Gasteiger partial charge >= 0.3 is 0 Å². The fraction of sp³-hybridized carbons (Fsp3) is 0.400. The summed E-state index contributed by atoms with van der Waals surface area (Å²) in [4.78, 5) is 17.4. The lowest BCUT2D eigenvalue weighted by molar-refractivity contribution is -0.121. The van der Waals surface area contributed by atoms with Crippen LogP contribution in [-0.4, -0.2) is 30.3 Å². The Kier molecular flexibility index (Phi) is 7.31. The molecule has 1 aromatic carbocycles. The first-order valence-electron chi connectivity index (χ1n) is 8.45. The molecule has 0 unspecified atom stereocenters. The highest BCUT2D eigenvalue weighted by Crippen LogP contribution is 2.23. The molecule has 0 aliphatic heterocycles. The quantitative estimate of drug-likeness (QED) is 0.542. The molecular formula is C20H26N2O2S. The molecule has 0 bridgehead atoms. The van der Waals surface area contributed by atoms with Gasteiger partial charge in [-0.15, -0.1) is 11.8 Å². The number of ether oxygens (including phenoxy) is 1. The van der Waals surface area contributed by atoms with Crippen LogP contribution >= 0.6 is 11.8 Å². The van der Waals surface area contributed by atoms with Gasteiger partial charge in [0.15, 0.2) is 0 Å². The van der Waals surface area contributed by atoms with Crippen molar-refractivity contribution >= 4 is 17.7 Å². The summed E-state index contributed by atoms with van der Waals surface area (Å²) in [5, 5.41) is 3.04. The number of carbonyl (C=O) groups is 1. The summed E-state index contributed by atoms with van der Waals surface area (Å²) < 4.78 is 5.15. The number of benzene rings is 1. The Morgan fingerprint density at radius 3 is 2.64 bits per heavy atom. The second-order valence-electron chi connectivity index (χ2n) is 6.53. The van der Waals surface area contributed by atoms with E-state index in [0.717, 1.165) is 23.5 Å². The fourth-order valence-corrected chi connectivity index (χ4v) is 3.22. The normalized spacial score (nSPS) is 11.2. The van der Waals surface area contributed by atoms with Crippen LogP contribution in [0.2, 0.25) is 0 Å². The molecule has 0 radical (unpaired) electrons. The van der Waals surface area contributed by atoms with Crippen LogP contribution < -0.4 is 10.1 Å². The third-order valence-electron chi connectivity index (χ3n) is 4.05. The van der Waals surface area contributed by atoms with Crippen LogP contribution in [0.5, 0.6) is 5.75 Å². The second-order valence-corrected chi connectivity index (χ2v) is 7.70. The lowest BCUT2D eigenvalue weighted by atomic mass is 9.85. The van der Waals surface area contributed by atoms with Crippen molar-refractivity contribution in [1.82, 2.24) is 10.3 Å². The summed E-state index contributed by atoms with van der Waals surface area (Å²) in [7, 11) is 1.66. The summed E-state index contributed by atoms with van der Waals surface area (Å²) >= 11 is 1.76. The molecule has 1 amide bonds. The number of rotatable bonds is 9. The maximum Gasteiger partial charge on any atom is 0.220 e. The van der Waals surface area contributed by atoms with Gasteiger partial charge in [-0.3, -0.25) is 9.78 Å². The first kappa shape index (κ1) is 19.3. The van der Waals surface area contributed by atoms with Gasteiger partial charge in [0.05, 0.1) is 7.11 Å². The van der Waals surface area contributed by atoms with Crippen molar-refractivity contribution in [2.24, 2.45) is 0 Å². The van der Waals surface area contributed by atoms with E-state index in [1.54, 1.807) is 25.1 Å². The fourth-order valence-electron chi connectivity index (χ4n) is 2.37. The summed E-state index contributed by atoms with van der Waals surface area (Å²) in [6.07, 6.45) is 5.03. The first-order valence-corrected chi connectivity index (χ1v) is 9.44. The zero-order chi connectivity index (χ0) is 18.1. The summed E-state index contributed by atoms with van der Waals surface area (Å²) in [6.45, 7) is 4.84. The maximum atomic E-state index is 12.1. The molecule has 0 fully saturated rings. The Morgan fingerprint density at radius 2 is 2.00 bits per heavy atom. The number of thioether (sulfide) groups is 1. The third kappa shape index (κ3) is 6.42. The van der Waals surface area contributed by atoms with Crippen LogP contribution in [0.15, 0.2) is 53.7 Å². The average Bonchev–Trinajstić information content (AvgIpc) is 2.65. The molecule has 2 aromatic rings. The minimum Gasteiger partial charge on any atom is -0.497 e. The number of amides is 1. The molecule has 134 valence electrons. The van der Waals surface area contributed by atoms with E-state index >= 15 is 0 Å². The third-order valence-corrected chi connectivity index (χ3v) is 5.15. The zero-order valence-electron chi connectivity index (χ0n) is 15.1. The average molecular weight is 359 g/mol. The van der Waals surface area contributed by atoms with Crippen molar-refractivity contribution in [2.45, 2.75) is 37.0 Å². The Bertz CT molecular complexity index is 657. The molecule has 4 nitrogen and oxygen atoms in total. The van der Waals surface area contributed by atoms with Gasteiger partial charge in [-0.2, -0.15) is 0 Å². The lowest BCUT2D eigenvalue weighted by Crippen LogP contribution is -2.36. The van der Waals surface area contributed by atoms with Gasteiger partial charge in [0.2, 0.25) is 5.91 Å². The predicted octanol–water partition coefficient (Wildman–Crippen LogP) is 4.06. The van der Waals surface area contributed by atoms with E-state index in [1.165, 1.54) is 4.90 Å². The van der Waals surface area contributed by atoms with Gasteiger partial charge in [0.25, 0.3) is 0 Å². The van der Waals surface area contributed by atoms with Gasteiger partial charge in [-0.1, -0.05) is 19.9 Å². The molecular weight excluding hydrogens is 332 g/mol. The highest BCUT2D eigenvalue weighted by Gasteiger charge is 2.21. The molecule has 0 atom stereocenters. The first-order chi connectivity index (χ1) is 12.0. The molecule has 1 heterocycles. The van der Waals surface area contributed by atoms with E-state index in [-0.39, 0.29) is 11.3 Å². The molecule has 0 spiro atoms. The molecule has 1 N–H and O–H groups in total. The molecule has 25 heavy (non-hydrogen) atoms. The van der Waals surface area contributed by atoms with Crippen molar-refractivity contribution in [3.8, 4) is 5.75 Å². The number of methoxy groups -OCH3 is 1. The van der Waals surface area contributed by atoms with Gasteiger partial charge < -0.3 is 10.1 Å². The molecule has 0 aliphatic rings. The smallest absolute Gasteiger partial charge is 0.220 e. The minimum atomic E-state index is -0.123. The highest BCUT2D eigenvalue weighted by molar-refractivity contribution is 7.99. The van der Waals surface area contributed by atoms with E-state index in [2.05, 4.69) is 24.1 Å². The van der Waals surface area contributed by atoms with Gasteiger partial charge in [0.1, 0.15) is 5.75 Å². The number of nitrogens with one attached hydrogen (secondary N) is 1. The number of aromatic nitrogens is 1. The predicted molar refractivity (Wildman–Crippen MR) is 103 cm³/mol. The summed E-state index contributed by atoms with van der Waals surface area (Å²) in [5.41, 5.74) is 1.01. The van der Waals surface area contributed by atoms with Crippen LogP contribution in [0.3, 0.4) is 0 Å². The number of hydrogen-bond donors (Lipinski definition) is 1. The molecule has 0 saturated heterocycles. The molecule has 5 heteroatoms. The van der Waals surface area contributed by atoms with Gasteiger partial charge in [0, 0.05) is 35.7 Å². The Morgan fingerprint density at radius 1 is 1.24 bits per heavy atom. The van der Waals surface area contributed by atoms with E-state index in [1.807, 2.05) is 42.6 Å². The monoisotopic (exact) mass is 358 g/mol. The Labute approximate surface area is 154 Å². The molecule has 0 saturated carbocycles. The summed E-state index contributed by atoms with van der Waals surface area (Å²) in [6, 6.07) is 12.0. The standard InChI is InChI=1S/C20H26N2O2S/c1-20(2,16-6-4-12-21-14-16)15-22-19(23)7-5-13-25-18-10-8-17(24-3)9-11-18/h4,6,8-12,14H,5,7,13,15H2,1-3H3,(H,22,23). The van der Waals surface area contributed by atoms with Crippen molar-refractivity contribution in [3.05, 3.63) is 54.4 Å². The van der Waals surface area contributed by atoms with E-state index in [9.17, 15) is 4.79 Å². The van der Waals surface area contributed by atoms with Crippen molar-refractivity contribution in [2.75, 3.05) is 19.4 Å². The van der Waals surface area contributed by atoms with E-state index < -0.39 is 0 Å². The summed E-state index contributed by atoms with van der Waals surface area (Å²) in [5.74, 6) is 1.89. The maximum absolute atomic E-state index is 12.1. The minimum absolute atomic E-state index is 0.104. The number of carbonyl (C=O) groups excluding carboxylic acids is 1. The van der Waals surface area contributed by atoms with Crippen LogP contribution in [0.1, 0.15) is 32.3 Å². The van der Waals surface area contributed by atoms with Gasteiger partial charge in [-0.05, 0) is 48.1 Å². The largest absolute Gasteiger partial charge is 0.497 e. The van der Waals surface area contributed by atoms with Crippen LogP contribution in [0, 0.1) is 0 Å². The van der Waals surface area contributed by atoms with Crippen LogP contribution in [0.4, 0.5) is 0 Å². The molecule has 2 rings (SSSR count). The van der Waals surface area contributed by atoms with Gasteiger partial charge in [-0.25, -0.2) is 0 Å². The molecule has 0 aliphatic carbocycles. The van der Waals surface area contributed by atoms with Crippen molar-refractivity contribution < 1.29 is 9.53 Å². The lowest BCUT2D eigenvalue weighted by Gasteiger charge is -2.25. The van der Waals surface area contributed by atoms with Crippen LogP contribution in [0.25, 0.3) is 0 Å². The second kappa shape index (κ2) is 9.47. The Balaban J connectivity index is 1.66. The zero-order valence-corrected chi connectivity index (χ0v) is 15.9. The number of pyridine rings is 1. The number of nitrogens with zero attached hydrogens (tertiary/aromatic N) is 1. The molecule has 1 aromatic heterocycles. The van der Waals surface area contributed by atoms with E-state index in [0.29, 0.717) is 13.0 Å². The van der Waals surface area contributed by atoms with Crippen molar-refractivity contribution in [1.29, 1.82) is 0 Å². The topological polar surface area (TPSA) is 51.2 Å². The SMILES string of the molecule is COc1ccc(SCCCC(=O)NCC(C)(C)c2cccnc2)cc1. The Hall–Kier alpha value is -2.01. The van der Waals surface area contributed by atoms with E-state index in [4.69, 9.17) is 4.74 Å².